The molecule has 23 heavy (non-hydrogen) atoms. The van der Waals surface area contributed by atoms with Gasteiger partial charge in [0.15, 0.2) is 0 Å². The van der Waals surface area contributed by atoms with Crippen LogP contribution in [0.2, 0.25) is 0 Å². The summed E-state index contributed by atoms with van der Waals surface area (Å²) in [5.74, 6) is 0.207. The zero-order valence-corrected chi connectivity index (χ0v) is 14.9. The highest BCUT2D eigenvalue weighted by atomic mass is 16.6. The molecule has 2 bridgehead atoms. The van der Waals surface area contributed by atoms with Crippen LogP contribution >= 0.6 is 0 Å². The maximum absolute atomic E-state index is 12.5. The van der Waals surface area contributed by atoms with Gasteiger partial charge < -0.3 is 9.84 Å². The molecule has 0 saturated carbocycles. The summed E-state index contributed by atoms with van der Waals surface area (Å²) in [6.07, 6.45) is 10.2. The molecule has 1 unspecified atom stereocenters. The van der Waals surface area contributed by atoms with Crippen molar-refractivity contribution in [2.24, 2.45) is 5.92 Å². The maximum atomic E-state index is 12.5. The lowest BCUT2D eigenvalue weighted by molar-refractivity contribution is -0.166. The van der Waals surface area contributed by atoms with Gasteiger partial charge in [0.1, 0.15) is 5.60 Å². The van der Waals surface area contributed by atoms with Crippen molar-refractivity contribution in [1.82, 2.24) is 0 Å². The minimum atomic E-state index is -0.780. The number of fused-ring (bicyclic) bond motifs is 3. The van der Waals surface area contributed by atoms with Gasteiger partial charge in [-0.2, -0.15) is 0 Å². The zero-order chi connectivity index (χ0) is 17.0. The lowest BCUT2D eigenvalue weighted by atomic mass is 9.89. The zero-order valence-electron chi connectivity index (χ0n) is 14.9. The van der Waals surface area contributed by atoms with Crippen LogP contribution < -0.4 is 0 Å². The predicted octanol–water partition coefficient (Wildman–Crippen LogP) is 4.47. The third kappa shape index (κ3) is 4.57. The number of carbonyl (C=O) groups is 1. The maximum Gasteiger partial charge on any atom is 0.334 e. The fourth-order valence-corrected chi connectivity index (χ4v) is 3.23. The Bertz CT molecular complexity index is 539. The van der Waals surface area contributed by atoms with E-state index in [9.17, 15) is 9.90 Å². The lowest BCUT2D eigenvalue weighted by Crippen LogP contribution is -2.43. The first-order valence-corrected chi connectivity index (χ1v) is 8.78. The van der Waals surface area contributed by atoms with Crippen molar-refractivity contribution < 1.29 is 14.6 Å². The molecule has 0 aromatic rings. The van der Waals surface area contributed by atoms with E-state index >= 15 is 0 Å². The smallest absolute Gasteiger partial charge is 0.334 e. The first-order valence-electron chi connectivity index (χ1n) is 8.78. The Morgan fingerprint density at radius 3 is 2.70 bits per heavy atom. The van der Waals surface area contributed by atoms with Gasteiger partial charge in [0.25, 0.3) is 0 Å². The summed E-state index contributed by atoms with van der Waals surface area (Å²) in [4.78, 5) is 12.5. The van der Waals surface area contributed by atoms with Gasteiger partial charge in [0.05, 0.1) is 6.10 Å². The van der Waals surface area contributed by atoms with E-state index < -0.39 is 11.7 Å². The molecule has 0 spiro atoms. The van der Waals surface area contributed by atoms with E-state index in [1.54, 1.807) is 0 Å². The molecule has 3 heteroatoms. The topological polar surface area (TPSA) is 46.5 Å². The van der Waals surface area contributed by atoms with Crippen LogP contribution in [0.5, 0.6) is 0 Å². The van der Waals surface area contributed by atoms with Gasteiger partial charge in [-0.3, -0.25) is 0 Å². The molecular weight excluding hydrogens is 288 g/mol. The Morgan fingerprint density at radius 2 is 2.00 bits per heavy atom. The molecule has 0 fully saturated rings. The number of carbonyl (C=O) groups excluding carboxylic acids is 1. The standard InChI is InChI=1S/C20H30O3/c1-14(2)16-9-7-15(3)8-12-18(21)20(4)13-5-6-17(11-10-16)19(22)23-20/h6-7,9,14,18,21H,5,8,10-13H2,1-4H3/b15-7-,16-9+/t18-,20?/m0/s1. The highest BCUT2D eigenvalue weighted by Gasteiger charge is 2.38. The van der Waals surface area contributed by atoms with Crippen molar-refractivity contribution >= 4 is 5.97 Å². The quantitative estimate of drug-likeness (QED) is 0.725. The van der Waals surface area contributed by atoms with Crippen molar-refractivity contribution in [3.63, 3.8) is 0 Å². The second-order valence-electron chi connectivity index (χ2n) is 7.43. The monoisotopic (exact) mass is 318 g/mol. The van der Waals surface area contributed by atoms with E-state index in [1.807, 2.05) is 13.0 Å². The third-order valence-electron chi connectivity index (χ3n) is 5.14. The molecular formula is C20H30O3. The lowest BCUT2D eigenvalue weighted by Gasteiger charge is -2.33. The molecule has 2 aliphatic rings. The van der Waals surface area contributed by atoms with E-state index in [-0.39, 0.29) is 5.97 Å². The molecule has 1 N–H and O–H groups in total. The van der Waals surface area contributed by atoms with Gasteiger partial charge in [-0.05, 0) is 58.3 Å². The number of hydrogen-bond acceptors (Lipinski definition) is 3. The highest BCUT2D eigenvalue weighted by Crippen LogP contribution is 2.32. The first-order chi connectivity index (χ1) is 10.8. The fraction of sp³-hybridized carbons (Fsp3) is 0.650. The summed E-state index contributed by atoms with van der Waals surface area (Å²) in [5, 5.41) is 10.6. The van der Waals surface area contributed by atoms with Crippen LogP contribution in [0.1, 0.15) is 66.2 Å². The third-order valence-corrected chi connectivity index (χ3v) is 5.14. The van der Waals surface area contributed by atoms with E-state index in [1.165, 1.54) is 11.1 Å². The Morgan fingerprint density at radius 1 is 1.26 bits per heavy atom. The minimum Gasteiger partial charge on any atom is -0.453 e. The summed E-state index contributed by atoms with van der Waals surface area (Å²) < 4.78 is 5.72. The average molecular weight is 318 g/mol. The number of hydrogen-bond donors (Lipinski definition) is 1. The highest BCUT2D eigenvalue weighted by molar-refractivity contribution is 5.89. The van der Waals surface area contributed by atoms with Gasteiger partial charge >= 0.3 is 5.97 Å². The van der Waals surface area contributed by atoms with Crippen LogP contribution in [0.3, 0.4) is 0 Å². The van der Waals surface area contributed by atoms with Gasteiger partial charge in [-0.25, -0.2) is 4.79 Å². The number of rotatable bonds is 1. The summed E-state index contributed by atoms with van der Waals surface area (Å²) in [6, 6.07) is 0. The Kier molecular flexibility index (Phi) is 5.85. The Labute approximate surface area is 140 Å². The van der Waals surface area contributed by atoms with Crippen LogP contribution in [0.25, 0.3) is 0 Å². The molecule has 128 valence electrons. The van der Waals surface area contributed by atoms with E-state index in [2.05, 4.69) is 32.9 Å². The van der Waals surface area contributed by atoms with Gasteiger partial charge in [-0.15, -0.1) is 0 Å². The molecule has 0 aliphatic carbocycles. The summed E-state index contributed by atoms with van der Waals surface area (Å²) in [6.45, 7) is 8.34. The van der Waals surface area contributed by atoms with E-state index in [0.29, 0.717) is 25.2 Å². The average Bonchev–Trinajstić information content (AvgIpc) is 2.62. The summed E-state index contributed by atoms with van der Waals surface area (Å²) in [7, 11) is 0. The van der Waals surface area contributed by atoms with Gasteiger partial charge in [-0.1, -0.05) is 43.2 Å². The minimum absolute atomic E-state index is 0.254. The molecule has 2 rings (SSSR count). The molecule has 0 aromatic heterocycles. The second kappa shape index (κ2) is 7.48. The van der Waals surface area contributed by atoms with Crippen molar-refractivity contribution in [3.8, 4) is 0 Å². The van der Waals surface area contributed by atoms with Crippen molar-refractivity contribution in [3.05, 3.63) is 34.9 Å². The molecule has 2 aliphatic heterocycles. The second-order valence-corrected chi connectivity index (χ2v) is 7.43. The number of aliphatic hydroxyl groups is 1. The molecule has 2 heterocycles. The van der Waals surface area contributed by atoms with E-state index in [4.69, 9.17) is 4.74 Å². The van der Waals surface area contributed by atoms with Crippen LogP contribution in [-0.4, -0.2) is 22.8 Å². The Balaban J connectivity index is 2.32. The molecule has 2 atom stereocenters. The molecule has 3 nitrogen and oxygen atoms in total. The predicted molar refractivity (Wildman–Crippen MR) is 93.0 cm³/mol. The van der Waals surface area contributed by atoms with Gasteiger partial charge in [0.2, 0.25) is 0 Å². The Hall–Kier alpha value is -1.35. The van der Waals surface area contributed by atoms with E-state index in [0.717, 1.165) is 24.8 Å². The summed E-state index contributed by atoms with van der Waals surface area (Å²) in [5.41, 5.74) is 2.58. The SMILES string of the molecule is C/C1=C/C=C(/C(C)C)CCC2=CCCC(C)(OC2=O)[C@@H](O)CC1. The number of allylic oxidation sites excluding steroid dienone is 5. The van der Waals surface area contributed by atoms with Gasteiger partial charge in [0, 0.05) is 5.57 Å². The van der Waals surface area contributed by atoms with Crippen LogP contribution in [-0.2, 0) is 9.53 Å². The normalized spacial score (nSPS) is 34.8. The summed E-state index contributed by atoms with van der Waals surface area (Å²) >= 11 is 0. The van der Waals surface area contributed by atoms with Crippen molar-refractivity contribution in [2.75, 3.05) is 0 Å². The fourth-order valence-electron chi connectivity index (χ4n) is 3.23. The largest absolute Gasteiger partial charge is 0.453 e. The van der Waals surface area contributed by atoms with Crippen molar-refractivity contribution in [2.45, 2.75) is 77.9 Å². The molecule has 0 aromatic carbocycles. The van der Waals surface area contributed by atoms with Crippen LogP contribution in [0.4, 0.5) is 0 Å². The number of esters is 1. The van der Waals surface area contributed by atoms with Crippen molar-refractivity contribution in [1.29, 1.82) is 0 Å². The number of ether oxygens (including phenoxy) is 1. The molecule has 0 amide bonds. The number of aliphatic hydroxyl groups excluding tert-OH is 1. The molecule has 0 saturated heterocycles. The van der Waals surface area contributed by atoms with Crippen LogP contribution in [0, 0.1) is 5.92 Å². The molecule has 0 radical (unpaired) electrons. The first kappa shape index (κ1) is 18.0. The van der Waals surface area contributed by atoms with Crippen LogP contribution in [0.15, 0.2) is 34.9 Å².